The SMILES string of the molecule is c1ccc(COc2ccc3cccc(-c4cccc5ccc(OCc6ccccc6)cc45)c3c2)cc1. The number of ether oxygens (including phenoxy) is 2. The van der Waals surface area contributed by atoms with Crippen LogP contribution in [-0.4, -0.2) is 0 Å². The molecule has 0 N–H and O–H groups in total. The van der Waals surface area contributed by atoms with Gasteiger partial charge in [-0.2, -0.15) is 0 Å². The zero-order valence-electron chi connectivity index (χ0n) is 19.9. The Morgan fingerprint density at radius 2 is 0.833 bits per heavy atom. The van der Waals surface area contributed by atoms with Crippen LogP contribution in [-0.2, 0) is 13.2 Å². The summed E-state index contributed by atoms with van der Waals surface area (Å²) >= 11 is 0. The molecule has 6 aromatic carbocycles. The van der Waals surface area contributed by atoms with Crippen molar-refractivity contribution in [2.75, 3.05) is 0 Å². The fraction of sp³-hybridized carbons (Fsp3) is 0.0588. The summed E-state index contributed by atoms with van der Waals surface area (Å²) in [6.07, 6.45) is 0. The minimum absolute atomic E-state index is 0.547. The highest BCUT2D eigenvalue weighted by Crippen LogP contribution is 2.37. The predicted molar refractivity (Wildman–Crippen MR) is 148 cm³/mol. The average Bonchev–Trinajstić information content (AvgIpc) is 2.95. The normalized spacial score (nSPS) is 11.0. The second-order valence-corrected chi connectivity index (χ2v) is 8.93. The molecule has 0 radical (unpaired) electrons. The quantitative estimate of drug-likeness (QED) is 0.234. The Bertz CT molecular complexity index is 1500. The highest BCUT2D eigenvalue weighted by Gasteiger charge is 2.10. The van der Waals surface area contributed by atoms with Crippen LogP contribution in [0.25, 0.3) is 32.7 Å². The third kappa shape index (κ3) is 4.67. The van der Waals surface area contributed by atoms with Gasteiger partial charge < -0.3 is 9.47 Å². The molecule has 0 aliphatic rings. The number of benzene rings is 6. The summed E-state index contributed by atoms with van der Waals surface area (Å²) in [5.41, 5.74) is 4.68. The summed E-state index contributed by atoms with van der Waals surface area (Å²) in [5.74, 6) is 1.73. The van der Waals surface area contributed by atoms with E-state index in [9.17, 15) is 0 Å². The Balaban J connectivity index is 1.36. The van der Waals surface area contributed by atoms with Gasteiger partial charge in [-0.05, 0) is 68.1 Å². The van der Waals surface area contributed by atoms with Crippen LogP contribution in [0.1, 0.15) is 11.1 Å². The molecule has 0 spiro atoms. The van der Waals surface area contributed by atoms with Gasteiger partial charge in [0.15, 0.2) is 0 Å². The fourth-order valence-corrected chi connectivity index (χ4v) is 4.63. The van der Waals surface area contributed by atoms with Gasteiger partial charge in [0, 0.05) is 0 Å². The van der Waals surface area contributed by atoms with Crippen LogP contribution in [0.5, 0.6) is 11.5 Å². The first-order valence-electron chi connectivity index (χ1n) is 12.2. The molecule has 0 aliphatic carbocycles. The van der Waals surface area contributed by atoms with E-state index in [-0.39, 0.29) is 0 Å². The summed E-state index contributed by atoms with van der Waals surface area (Å²) in [5, 5.41) is 4.72. The van der Waals surface area contributed by atoms with Crippen LogP contribution < -0.4 is 9.47 Å². The zero-order chi connectivity index (χ0) is 24.2. The van der Waals surface area contributed by atoms with Crippen molar-refractivity contribution in [3.05, 3.63) is 145 Å². The topological polar surface area (TPSA) is 18.5 Å². The minimum atomic E-state index is 0.547. The summed E-state index contributed by atoms with van der Waals surface area (Å²) < 4.78 is 12.3. The second-order valence-electron chi connectivity index (χ2n) is 8.93. The van der Waals surface area contributed by atoms with E-state index in [1.165, 1.54) is 32.7 Å². The molecule has 0 heterocycles. The molecule has 0 fully saturated rings. The molecule has 2 nitrogen and oxygen atoms in total. The van der Waals surface area contributed by atoms with Crippen molar-refractivity contribution in [3.8, 4) is 22.6 Å². The third-order valence-electron chi connectivity index (χ3n) is 6.49. The molecular weight excluding hydrogens is 440 g/mol. The highest BCUT2D eigenvalue weighted by molar-refractivity contribution is 6.06. The van der Waals surface area contributed by atoms with Crippen LogP contribution in [0.4, 0.5) is 0 Å². The van der Waals surface area contributed by atoms with Crippen molar-refractivity contribution in [2.24, 2.45) is 0 Å². The van der Waals surface area contributed by atoms with E-state index in [1.54, 1.807) is 0 Å². The first-order chi connectivity index (χ1) is 17.8. The molecule has 0 unspecified atom stereocenters. The van der Waals surface area contributed by atoms with Gasteiger partial charge in [0.05, 0.1) is 0 Å². The summed E-state index contributed by atoms with van der Waals surface area (Å²) in [6.45, 7) is 1.09. The number of hydrogen-bond acceptors (Lipinski definition) is 2. The summed E-state index contributed by atoms with van der Waals surface area (Å²) in [7, 11) is 0. The molecule has 0 atom stereocenters. The second kappa shape index (κ2) is 9.97. The van der Waals surface area contributed by atoms with E-state index in [1.807, 2.05) is 48.5 Å². The maximum absolute atomic E-state index is 6.15. The van der Waals surface area contributed by atoms with Gasteiger partial charge in [0.1, 0.15) is 24.7 Å². The lowest BCUT2D eigenvalue weighted by atomic mass is 9.94. The van der Waals surface area contributed by atoms with Crippen molar-refractivity contribution < 1.29 is 9.47 Å². The van der Waals surface area contributed by atoms with E-state index in [0.29, 0.717) is 13.2 Å². The predicted octanol–water partition coefficient (Wildman–Crippen LogP) is 8.82. The molecule has 0 aliphatic heterocycles. The first kappa shape index (κ1) is 21.9. The number of rotatable bonds is 7. The molecule has 174 valence electrons. The molecule has 36 heavy (non-hydrogen) atoms. The van der Waals surface area contributed by atoms with E-state index in [2.05, 4.69) is 84.9 Å². The van der Waals surface area contributed by atoms with Crippen LogP contribution in [0, 0.1) is 0 Å². The maximum Gasteiger partial charge on any atom is 0.120 e. The van der Waals surface area contributed by atoms with Crippen LogP contribution in [0.15, 0.2) is 133 Å². The smallest absolute Gasteiger partial charge is 0.120 e. The lowest BCUT2D eigenvalue weighted by Crippen LogP contribution is -1.95. The van der Waals surface area contributed by atoms with Crippen LogP contribution >= 0.6 is 0 Å². The number of fused-ring (bicyclic) bond motifs is 2. The summed E-state index contributed by atoms with van der Waals surface area (Å²) in [6, 6.07) is 46.1. The monoisotopic (exact) mass is 466 g/mol. The van der Waals surface area contributed by atoms with Crippen molar-refractivity contribution in [1.82, 2.24) is 0 Å². The Hall–Kier alpha value is -4.56. The Kier molecular flexibility index (Phi) is 6.08. The Morgan fingerprint density at radius 1 is 0.389 bits per heavy atom. The largest absolute Gasteiger partial charge is 0.489 e. The van der Waals surface area contributed by atoms with Gasteiger partial charge >= 0.3 is 0 Å². The van der Waals surface area contributed by atoms with Gasteiger partial charge in [-0.3, -0.25) is 0 Å². The molecule has 0 bridgehead atoms. The number of hydrogen-bond donors (Lipinski definition) is 0. The van der Waals surface area contributed by atoms with Gasteiger partial charge in [0.2, 0.25) is 0 Å². The molecule has 0 aromatic heterocycles. The van der Waals surface area contributed by atoms with Gasteiger partial charge in [-0.25, -0.2) is 0 Å². The highest BCUT2D eigenvalue weighted by atomic mass is 16.5. The van der Waals surface area contributed by atoms with Crippen molar-refractivity contribution in [2.45, 2.75) is 13.2 Å². The van der Waals surface area contributed by atoms with E-state index >= 15 is 0 Å². The lowest BCUT2D eigenvalue weighted by molar-refractivity contribution is 0.306. The lowest BCUT2D eigenvalue weighted by Gasteiger charge is -2.14. The van der Waals surface area contributed by atoms with Gasteiger partial charge in [-0.15, -0.1) is 0 Å². The molecular formula is C34H26O2. The summed E-state index contributed by atoms with van der Waals surface area (Å²) in [4.78, 5) is 0. The average molecular weight is 467 g/mol. The standard InChI is InChI=1S/C34H26O2/c1-3-9-25(10-4-1)23-35-29-19-17-27-13-7-15-31(33(27)21-29)32-16-8-14-28-18-20-30(22-34(28)32)36-24-26-11-5-2-6-12-26/h1-22H,23-24H2. The maximum atomic E-state index is 6.15. The van der Waals surface area contributed by atoms with Crippen molar-refractivity contribution in [3.63, 3.8) is 0 Å². The van der Waals surface area contributed by atoms with E-state index in [0.717, 1.165) is 22.6 Å². The van der Waals surface area contributed by atoms with Crippen LogP contribution in [0.3, 0.4) is 0 Å². The Morgan fingerprint density at radius 3 is 1.28 bits per heavy atom. The Labute approximate surface area is 211 Å². The molecule has 0 saturated heterocycles. The minimum Gasteiger partial charge on any atom is -0.489 e. The zero-order valence-corrected chi connectivity index (χ0v) is 19.9. The van der Waals surface area contributed by atoms with Crippen LogP contribution in [0.2, 0.25) is 0 Å². The molecule has 0 saturated carbocycles. The van der Waals surface area contributed by atoms with Gasteiger partial charge in [0.25, 0.3) is 0 Å². The molecule has 2 heteroatoms. The molecule has 6 rings (SSSR count). The fourth-order valence-electron chi connectivity index (χ4n) is 4.63. The van der Waals surface area contributed by atoms with Crippen molar-refractivity contribution in [1.29, 1.82) is 0 Å². The third-order valence-corrected chi connectivity index (χ3v) is 6.49. The molecule has 0 amide bonds. The van der Waals surface area contributed by atoms with E-state index < -0.39 is 0 Å². The van der Waals surface area contributed by atoms with E-state index in [4.69, 9.17) is 9.47 Å². The van der Waals surface area contributed by atoms with Crippen molar-refractivity contribution >= 4 is 21.5 Å². The van der Waals surface area contributed by atoms with Gasteiger partial charge in [-0.1, -0.05) is 109 Å². The molecule has 6 aromatic rings. The first-order valence-corrected chi connectivity index (χ1v) is 12.2.